The summed E-state index contributed by atoms with van der Waals surface area (Å²) in [6, 6.07) is 0. The van der Waals surface area contributed by atoms with Gasteiger partial charge in [0.1, 0.15) is 0 Å². The molecule has 0 aromatic carbocycles. The molecule has 0 radical (unpaired) electrons. The number of fused-ring (bicyclic) bond motifs is 1. The van der Waals surface area contributed by atoms with Crippen molar-refractivity contribution in [3.63, 3.8) is 0 Å². The molecule has 2 aromatic heterocycles. The molecular weight excluding hydrogens is 266 g/mol. The maximum absolute atomic E-state index is 12.7. The molecule has 6 heteroatoms. The van der Waals surface area contributed by atoms with E-state index in [9.17, 15) is 4.79 Å². The summed E-state index contributed by atoms with van der Waals surface area (Å²) in [5.74, 6) is 0.0705. The average Bonchev–Trinajstić information content (AvgIpc) is 3.02. The number of carbonyl (C=O) groups excluding carboxylic acids is 1. The van der Waals surface area contributed by atoms with E-state index >= 15 is 0 Å². The minimum absolute atomic E-state index is 0.0705. The van der Waals surface area contributed by atoms with Crippen molar-refractivity contribution >= 4 is 5.91 Å². The minimum Gasteiger partial charge on any atom is -0.334 e. The van der Waals surface area contributed by atoms with E-state index in [0.29, 0.717) is 18.7 Å². The summed E-state index contributed by atoms with van der Waals surface area (Å²) in [6.45, 7) is 8.21. The third-order valence-corrected chi connectivity index (χ3v) is 4.04. The van der Waals surface area contributed by atoms with Gasteiger partial charge in [-0.2, -0.15) is 10.2 Å². The molecule has 21 heavy (non-hydrogen) atoms. The molecule has 3 heterocycles. The summed E-state index contributed by atoms with van der Waals surface area (Å²) in [6.07, 6.45) is 3.70. The van der Waals surface area contributed by atoms with Gasteiger partial charge in [0.15, 0.2) is 0 Å². The number of hydrogen-bond donors (Lipinski definition) is 1. The monoisotopic (exact) mass is 287 g/mol. The molecule has 112 valence electrons. The Morgan fingerprint density at radius 1 is 1.43 bits per heavy atom. The van der Waals surface area contributed by atoms with Crippen LogP contribution in [0.1, 0.15) is 46.3 Å². The Morgan fingerprint density at radius 2 is 2.24 bits per heavy atom. The van der Waals surface area contributed by atoms with Crippen molar-refractivity contribution in [1.82, 2.24) is 24.9 Å². The van der Waals surface area contributed by atoms with E-state index in [1.165, 1.54) is 0 Å². The zero-order valence-corrected chi connectivity index (χ0v) is 12.8. The first-order valence-electron chi connectivity index (χ1n) is 7.46. The molecule has 3 rings (SSSR count). The molecule has 1 N–H and O–H groups in total. The average molecular weight is 287 g/mol. The molecule has 0 aliphatic carbocycles. The Balaban J connectivity index is 1.82. The van der Waals surface area contributed by atoms with Gasteiger partial charge in [0.25, 0.3) is 5.91 Å². The van der Waals surface area contributed by atoms with Crippen LogP contribution in [0.25, 0.3) is 0 Å². The van der Waals surface area contributed by atoms with E-state index in [2.05, 4.69) is 22.2 Å². The highest BCUT2D eigenvalue weighted by Gasteiger charge is 2.26. The highest BCUT2D eigenvalue weighted by atomic mass is 16.2. The van der Waals surface area contributed by atoms with Gasteiger partial charge in [-0.25, -0.2) is 0 Å². The lowest BCUT2D eigenvalue weighted by Gasteiger charge is -2.26. The van der Waals surface area contributed by atoms with E-state index in [-0.39, 0.29) is 5.91 Å². The zero-order valence-electron chi connectivity index (χ0n) is 12.8. The van der Waals surface area contributed by atoms with E-state index in [4.69, 9.17) is 0 Å². The van der Waals surface area contributed by atoms with E-state index < -0.39 is 0 Å². The summed E-state index contributed by atoms with van der Waals surface area (Å²) in [5.41, 5.74) is 4.83. The molecule has 2 aromatic rings. The van der Waals surface area contributed by atoms with Crippen LogP contribution in [-0.4, -0.2) is 37.3 Å². The van der Waals surface area contributed by atoms with Crippen LogP contribution in [0.2, 0.25) is 0 Å². The predicted octanol–water partition coefficient (Wildman–Crippen LogP) is 1.83. The van der Waals surface area contributed by atoms with Gasteiger partial charge in [-0.1, -0.05) is 6.92 Å². The summed E-state index contributed by atoms with van der Waals surface area (Å²) in [4.78, 5) is 14.6. The molecule has 0 saturated heterocycles. The zero-order chi connectivity index (χ0) is 15.0. The van der Waals surface area contributed by atoms with Crippen LogP contribution in [0.15, 0.2) is 6.20 Å². The van der Waals surface area contributed by atoms with Crippen LogP contribution in [0.3, 0.4) is 0 Å². The maximum Gasteiger partial charge on any atom is 0.257 e. The summed E-state index contributed by atoms with van der Waals surface area (Å²) < 4.78 is 1.86. The molecule has 0 fully saturated rings. The lowest BCUT2D eigenvalue weighted by Crippen LogP contribution is -2.36. The van der Waals surface area contributed by atoms with Crippen LogP contribution in [-0.2, 0) is 19.5 Å². The van der Waals surface area contributed by atoms with Gasteiger partial charge in [0.2, 0.25) is 0 Å². The van der Waals surface area contributed by atoms with Crippen LogP contribution in [0.5, 0.6) is 0 Å². The van der Waals surface area contributed by atoms with Crippen LogP contribution < -0.4 is 0 Å². The first-order chi connectivity index (χ1) is 10.1. The number of nitrogens with zero attached hydrogens (tertiary/aromatic N) is 4. The van der Waals surface area contributed by atoms with Crippen molar-refractivity contribution in [2.24, 2.45) is 0 Å². The molecule has 1 aliphatic heterocycles. The van der Waals surface area contributed by atoms with Crippen molar-refractivity contribution in [1.29, 1.82) is 0 Å². The first kappa shape index (κ1) is 13.9. The lowest BCUT2D eigenvalue weighted by molar-refractivity contribution is 0.0733. The SMILES string of the molecule is CCCn1cc(C(=O)N2CCc3n[nH]c(C)c3C2)c(C)n1. The molecule has 1 amide bonds. The summed E-state index contributed by atoms with van der Waals surface area (Å²) in [5, 5.41) is 11.7. The van der Waals surface area contributed by atoms with E-state index in [1.54, 1.807) is 0 Å². The van der Waals surface area contributed by atoms with Crippen molar-refractivity contribution < 1.29 is 4.79 Å². The molecule has 0 saturated carbocycles. The van der Waals surface area contributed by atoms with Crippen molar-refractivity contribution in [3.8, 4) is 0 Å². The first-order valence-corrected chi connectivity index (χ1v) is 7.46. The molecule has 6 nitrogen and oxygen atoms in total. The van der Waals surface area contributed by atoms with Gasteiger partial charge in [-0.3, -0.25) is 14.6 Å². The fourth-order valence-corrected chi connectivity index (χ4v) is 2.85. The minimum atomic E-state index is 0.0705. The third kappa shape index (κ3) is 2.46. The highest BCUT2D eigenvalue weighted by Crippen LogP contribution is 2.22. The number of amides is 1. The van der Waals surface area contributed by atoms with Crippen LogP contribution in [0, 0.1) is 13.8 Å². The van der Waals surface area contributed by atoms with Gasteiger partial charge >= 0.3 is 0 Å². The topological polar surface area (TPSA) is 66.8 Å². The van der Waals surface area contributed by atoms with Crippen molar-refractivity contribution in [2.75, 3.05) is 6.54 Å². The number of H-pyrrole nitrogens is 1. The molecule has 0 spiro atoms. The highest BCUT2D eigenvalue weighted by molar-refractivity contribution is 5.95. The Labute approximate surface area is 124 Å². The van der Waals surface area contributed by atoms with Crippen molar-refractivity contribution in [2.45, 2.75) is 46.7 Å². The van der Waals surface area contributed by atoms with Crippen LogP contribution >= 0.6 is 0 Å². The smallest absolute Gasteiger partial charge is 0.257 e. The van der Waals surface area contributed by atoms with Gasteiger partial charge in [0, 0.05) is 43.5 Å². The Morgan fingerprint density at radius 3 is 3.00 bits per heavy atom. The van der Waals surface area contributed by atoms with Gasteiger partial charge in [-0.05, 0) is 20.3 Å². The predicted molar refractivity (Wildman–Crippen MR) is 79.0 cm³/mol. The Bertz CT molecular complexity index is 670. The lowest BCUT2D eigenvalue weighted by atomic mass is 10.0. The normalized spacial score (nSPS) is 14.3. The molecule has 0 unspecified atom stereocenters. The fraction of sp³-hybridized carbons (Fsp3) is 0.533. The number of carbonyl (C=O) groups is 1. The standard InChI is InChI=1S/C15H21N5O/c1-4-6-20-9-13(11(3)18-20)15(21)19-7-5-14-12(8-19)10(2)16-17-14/h9H,4-8H2,1-3H3,(H,16,17). The van der Waals surface area contributed by atoms with Gasteiger partial charge in [0.05, 0.1) is 17.0 Å². The fourth-order valence-electron chi connectivity index (χ4n) is 2.85. The summed E-state index contributed by atoms with van der Waals surface area (Å²) >= 11 is 0. The van der Waals surface area contributed by atoms with E-state index in [1.807, 2.05) is 29.6 Å². The van der Waals surface area contributed by atoms with Crippen LogP contribution in [0.4, 0.5) is 0 Å². The number of aromatic nitrogens is 4. The van der Waals surface area contributed by atoms with E-state index in [0.717, 1.165) is 42.0 Å². The second-order valence-electron chi connectivity index (χ2n) is 5.64. The second-order valence-corrected chi connectivity index (χ2v) is 5.64. The number of aryl methyl sites for hydroxylation is 3. The molecule has 0 bridgehead atoms. The Kier molecular flexibility index (Phi) is 3.53. The Hall–Kier alpha value is -2.11. The number of rotatable bonds is 3. The number of nitrogens with one attached hydrogen (secondary N) is 1. The number of aromatic amines is 1. The molecular formula is C15H21N5O. The number of hydrogen-bond acceptors (Lipinski definition) is 3. The van der Waals surface area contributed by atoms with Gasteiger partial charge < -0.3 is 4.90 Å². The third-order valence-electron chi connectivity index (χ3n) is 4.04. The maximum atomic E-state index is 12.7. The van der Waals surface area contributed by atoms with Crippen molar-refractivity contribution in [3.05, 3.63) is 34.4 Å². The molecule has 1 aliphatic rings. The summed E-state index contributed by atoms with van der Waals surface area (Å²) in [7, 11) is 0. The largest absolute Gasteiger partial charge is 0.334 e. The van der Waals surface area contributed by atoms with Gasteiger partial charge in [-0.15, -0.1) is 0 Å². The second kappa shape index (κ2) is 5.35. The quantitative estimate of drug-likeness (QED) is 0.936. The molecule has 0 atom stereocenters.